The average molecular weight is 377 g/mol. The number of alkyl halides is 2. The Morgan fingerprint density at radius 3 is 2.96 bits per heavy atom. The van der Waals surface area contributed by atoms with Crippen LogP contribution in [0.15, 0.2) is 41.7 Å². The Balaban J connectivity index is 1.75. The monoisotopic (exact) mass is 377 g/mol. The van der Waals surface area contributed by atoms with Gasteiger partial charge in [0, 0.05) is 25.5 Å². The first kappa shape index (κ1) is 19.3. The molecule has 2 heterocycles. The first-order valence-electron chi connectivity index (χ1n) is 9.10. The predicted octanol–water partition coefficient (Wildman–Crippen LogP) is 3.13. The van der Waals surface area contributed by atoms with E-state index in [9.17, 15) is 8.78 Å². The van der Waals surface area contributed by atoms with Gasteiger partial charge in [0.15, 0.2) is 5.96 Å². The van der Waals surface area contributed by atoms with Gasteiger partial charge in [0.05, 0.1) is 13.2 Å². The van der Waals surface area contributed by atoms with Crippen molar-refractivity contribution in [1.29, 1.82) is 0 Å². The van der Waals surface area contributed by atoms with E-state index in [0.29, 0.717) is 32.2 Å². The molecule has 8 heteroatoms. The zero-order valence-corrected chi connectivity index (χ0v) is 15.6. The minimum atomic E-state index is -2.62. The molecular formula is C19H25F2N5O. The molecule has 0 saturated carbocycles. The summed E-state index contributed by atoms with van der Waals surface area (Å²) in [6.07, 6.45) is 2.59. The maximum absolute atomic E-state index is 13.0. The highest BCUT2D eigenvalue weighted by atomic mass is 19.3. The number of benzene rings is 1. The summed E-state index contributed by atoms with van der Waals surface area (Å²) in [4.78, 5) is 10.6. The molecule has 1 atom stereocenters. The summed E-state index contributed by atoms with van der Waals surface area (Å²) >= 11 is 0. The topological polar surface area (TPSA) is 54.7 Å². The molecule has 1 aromatic carbocycles. The standard InChI is InChI=1S/C19H25F2N5O/c1-3-22-19(24-12-17-23-8-9-26(17)18(20)21)25-10-11-27-16(13-25)15-7-5-4-6-14(15)2/h4-9,16,18H,3,10-13H2,1-2H3,(H,22,24). The number of halogens is 2. The van der Waals surface area contributed by atoms with Gasteiger partial charge in [-0.05, 0) is 25.0 Å². The fraction of sp³-hybridized carbons (Fsp3) is 0.474. The number of aryl methyl sites for hydroxylation is 1. The second kappa shape index (κ2) is 8.94. The van der Waals surface area contributed by atoms with Crippen LogP contribution in [0.2, 0.25) is 0 Å². The van der Waals surface area contributed by atoms with Crippen molar-refractivity contribution in [3.63, 3.8) is 0 Å². The van der Waals surface area contributed by atoms with E-state index in [1.165, 1.54) is 18.0 Å². The lowest BCUT2D eigenvalue weighted by atomic mass is 10.0. The highest BCUT2D eigenvalue weighted by molar-refractivity contribution is 5.80. The number of nitrogens with one attached hydrogen (secondary N) is 1. The summed E-state index contributed by atoms with van der Waals surface area (Å²) in [7, 11) is 0. The van der Waals surface area contributed by atoms with Crippen LogP contribution in [-0.4, -0.2) is 46.7 Å². The van der Waals surface area contributed by atoms with Crippen LogP contribution in [0.5, 0.6) is 0 Å². The minimum Gasteiger partial charge on any atom is -0.370 e. The second-order valence-electron chi connectivity index (χ2n) is 6.36. The molecule has 0 radical (unpaired) electrons. The van der Waals surface area contributed by atoms with Crippen molar-refractivity contribution in [3.8, 4) is 0 Å². The van der Waals surface area contributed by atoms with Crippen molar-refractivity contribution in [2.75, 3.05) is 26.2 Å². The van der Waals surface area contributed by atoms with Gasteiger partial charge in [-0.1, -0.05) is 24.3 Å². The van der Waals surface area contributed by atoms with Crippen molar-refractivity contribution >= 4 is 5.96 Å². The van der Waals surface area contributed by atoms with Gasteiger partial charge >= 0.3 is 6.55 Å². The number of aliphatic imine (C=N–C) groups is 1. The van der Waals surface area contributed by atoms with E-state index >= 15 is 0 Å². The first-order valence-corrected chi connectivity index (χ1v) is 9.10. The maximum Gasteiger partial charge on any atom is 0.319 e. The molecule has 6 nitrogen and oxygen atoms in total. The lowest BCUT2D eigenvalue weighted by molar-refractivity contribution is -0.00835. The normalized spacial score (nSPS) is 18.2. The Morgan fingerprint density at radius 2 is 2.22 bits per heavy atom. The first-order chi connectivity index (χ1) is 13.1. The van der Waals surface area contributed by atoms with Crippen molar-refractivity contribution < 1.29 is 13.5 Å². The van der Waals surface area contributed by atoms with Gasteiger partial charge in [-0.3, -0.25) is 4.57 Å². The van der Waals surface area contributed by atoms with Gasteiger partial charge in [0.25, 0.3) is 0 Å². The number of rotatable bonds is 5. The number of hydrogen-bond donors (Lipinski definition) is 1. The molecule has 0 amide bonds. The van der Waals surface area contributed by atoms with Crippen molar-refractivity contribution in [1.82, 2.24) is 19.8 Å². The summed E-state index contributed by atoms with van der Waals surface area (Å²) in [6, 6.07) is 8.16. The van der Waals surface area contributed by atoms with Gasteiger partial charge in [0.1, 0.15) is 18.5 Å². The molecule has 1 aliphatic rings. The SMILES string of the molecule is CCNC(=NCc1nccn1C(F)F)N1CCOC(c2ccccc2C)C1. The molecule has 27 heavy (non-hydrogen) atoms. The van der Waals surface area contributed by atoms with Crippen LogP contribution in [0.3, 0.4) is 0 Å². The van der Waals surface area contributed by atoms with Crippen LogP contribution in [0.4, 0.5) is 8.78 Å². The van der Waals surface area contributed by atoms with Gasteiger partial charge in [-0.2, -0.15) is 8.78 Å². The fourth-order valence-corrected chi connectivity index (χ4v) is 3.19. The minimum absolute atomic E-state index is 0.0492. The Hall–Kier alpha value is -2.48. The van der Waals surface area contributed by atoms with Gasteiger partial charge < -0.3 is 15.0 Å². The lowest BCUT2D eigenvalue weighted by Crippen LogP contribution is -2.48. The number of nitrogens with zero attached hydrogens (tertiary/aromatic N) is 4. The number of morpholine rings is 1. The molecule has 1 aliphatic heterocycles. The summed E-state index contributed by atoms with van der Waals surface area (Å²) in [5.74, 6) is 0.923. The quantitative estimate of drug-likeness (QED) is 0.643. The van der Waals surface area contributed by atoms with E-state index in [4.69, 9.17) is 4.74 Å². The molecular weight excluding hydrogens is 352 g/mol. The highest BCUT2D eigenvalue weighted by Crippen LogP contribution is 2.25. The molecule has 0 bridgehead atoms. The van der Waals surface area contributed by atoms with Crippen molar-refractivity contribution in [2.45, 2.75) is 33.0 Å². The van der Waals surface area contributed by atoms with Crippen LogP contribution in [0.1, 0.15) is 36.5 Å². The number of aromatic nitrogens is 2. The summed E-state index contributed by atoms with van der Waals surface area (Å²) in [6.45, 7) is 4.14. The number of ether oxygens (including phenoxy) is 1. The van der Waals surface area contributed by atoms with E-state index in [0.717, 1.165) is 10.1 Å². The van der Waals surface area contributed by atoms with Crippen LogP contribution in [0, 0.1) is 6.92 Å². The third-order valence-corrected chi connectivity index (χ3v) is 4.57. The molecule has 1 N–H and O–H groups in total. The molecule has 1 fully saturated rings. The number of hydrogen-bond acceptors (Lipinski definition) is 3. The molecule has 1 unspecified atom stereocenters. The van der Waals surface area contributed by atoms with Gasteiger partial charge in [-0.15, -0.1) is 0 Å². The zero-order chi connectivity index (χ0) is 19.2. The van der Waals surface area contributed by atoms with Gasteiger partial charge in [0.2, 0.25) is 0 Å². The van der Waals surface area contributed by atoms with E-state index < -0.39 is 6.55 Å². The van der Waals surface area contributed by atoms with Crippen molar-refractivity contribution in [3.05, 3.63) is 53.6 Å². The van der Waals surface area contributed by atoms with E-state index in [1.54, 1.807) is 0 Å². The van der Waals surface area contributed by atoms with Crippen molar-refractivity contribution in [2.24, 2.45) is 4.99 Å². The lowest BCUT2D eigenvalue weighted by Gasteiger charge is -2.35. The highest BCUT2D eigenvalue weighted by Gasteiger charge is 2.25. The Morgan fingerprint density at radius 1 is 1.41 bits per heavy atom. The van der Waals surface area contributed by atoms with E-state index in [1.807, 2.05) is 19.1 Å². The predicted molar refractivity (Wildman–Crippen MR) is 99.7 cm³/mol. The fourth-order valence-electron chi connectivity index (χ4n) is 3.19. The summed E-state index contributed by atoms with van der Waals surface area (Å²) < 4.78 is 32.8. The van der Waals surface area contributed by atoms with Gasteiger partial charge in [-0.25, -0.2) is 9.98 Å². The molecule has 146 valence electrons. The molecule has 1 aromatic heterocycles. The average Bonchev–Trinajstić information content (AvgIpc) is 3.14. The summed E-state index contributed by atoms with van der Waals surface area (Å²) in [5.41, 5.74) is 2.34. The molecule has 3 rings (SSSR count). The molecule has 0 aliphatic carbocycles. The number of guanidine groups is 1. The van der Waals surface area contributed by atoms with Crippen LogP contribution < -0.4 is 5.32 Å². The van der Waals surface area contributed by atoms with Crippen LogP contribution >= 0.6 is 0 Å². The Bertz CT molecular complexity index is 777. The molecule has 0 spiro atoms. The Labute approximate surface area is 157 Å². The van der Waals surface area contributed by atoms with Crippen LogP contribution in [0.25, 0.3) is 0 Å². The molecule has 2 aromatic rings. The Kier molecular flexibility index (Phi) is 6.39. The summed E-state index contributed by atoms with van der Waals surface area (Å²) in [5, 5.41) is 3.25. The number of imidazole rings is 1. The van der Waals surface area contributed by atoms with Crippen LogP contribution in [-0.2, 0) is 11.3 Å². The van der Waals surface area contributed by atoms with E-state index in [2.05, 4.69) is 39.2 Å². The third kappa shape index (κ3) is 4.63. The molecule has 1 saturated heterocycles. The maximum atomic E-state index is 13.0. The second-order valence-corrected chi connectivity index (χ2v) is 6.36. The third-order valence-electron chi connectivity index (χ3n) is 4.57. The van der Waals surface area contributed by atoms with E-state index in [-0.39, 0.29) is 18.5 Å². The smallest absolute Gasteiger partial charge is 0.319 e. The largest absolute Gasteiger partial charge is 0.370 e. The zero-order valence-electron chi connectivity index (χ0n) is 15.6.